The minimum Gasteiger partial charge on any atom is -0.457 e. The minimum atomic E-state index is 0.169. The van der Waals surface area contributed by atoms with Gasteiger partial charge in [0.05, 0.1) is 12.3 Å². The Balaban J connectivity index is 1.48. The van der Waals surface area contributed by atoms with E-state index in [1.807, 2.05) is 61.5 Å². The molecule has 0 unspecified atom stereocenters. The molecule has 6 heteroatoms. The van der Waals surface area contributed by atoms with E-state index in [0.29, 0.717) is 5.89 Å². The van der Waals surface area contributed by atoms with E-state index in [9.17, 15) is 5.11 Å². The lowest BCUT2D eigenvalue weighted by atomic mass is 10.2. The lowest BCUT2D eigenvalue weighted by Crippen LogP contribution is -2.52. The number of oxazole rings is 1. The number of likely N-dealkylation sites (N-methyl/N-ethyl adjacent to an activating group) is 1. The average Bonchev–Trinajstić information content (AvgIpc) is 3.11. The molecule has 2 heterocycles. The molecule has 1 aliphatic heterocycles. The molecule has 4 rings (SSSR count). The van der Waals surface area contributed by atoms with E-state index in [1.165, 1.54) is 0 Å². The summed E-state index contributed by atoms with van der Waals surface area (Å²) in [5.41, 5.74) is 1.83. The van der Waals surface area contributed by atoms with E-state index in [1.54, 1.807) is 0 Å². The smallest absolute Gasteiger partial charge is 0.226 e. The van der Waals surface area contributed by atoms with Gasteiger partial charge in [-0.2, -0.15) is 0 Å². The Morgan fingerprint density at radius 2 is 1.90 bits per heavy atom. The number of aliphatic hydroxyl groups is 1. The molecule has 1 aromatic heterocycles. The molecule has 1 saturated heterocycles. The van der Waals surface area contributed by atoms with Crippen molar-refractivity contribution in [3.05, 3.63) is 66.1 Å². The predicted molar refractivity (Wildman–Crippen MR) is 112 cm³/mol. The molecule has 152 valence electrons. The number of aliphatic hydroxyl groups excluding tert-OH is 1. The van der Waals surface area contributed by atoms with Crippen molar-refractivity contribution in [3.8, 4) is 23.0 Å². The number of para-hydroxylation sites is 1. The van der Waals surface area contributed by atoms with E-state index < -0.39 is 0 Å². The molecule has 3 aromatic rings. The van der Waals surface area contributed by atoms with Crippen molar-refractivity contribution >= 4 is 0 Å². The number of nitrogens with zero attached hydrogens (tertiary/aromatic N) is 3. The molecule has 0 saturated carbocycles. The molecular formula is C23H27N3O3. The summed E-state index contributed by atoms with van der Waals surface area (Å²) < 4.78 is 11.9. The van der Waals surface area contributed by atoms with E-state index in [2.05, 4.69) is 16.8 Å². The highest BCUT2D eigenvalue weighted by molar-refractivity contribution is 5.57. The second-order valence-electron chi connectivity index (χ2n) is 7.52. The minimum absolute atomic E-state index is 0.169. The molecule has 0 radical (unpaired) electrons. The molecule has 0 bridgehead atoms. The van der Waals surface area contributed by atoms with Gasteiger partial charge in [0.1, 0.15) is 17.3 Å². The zero-order chi connectivity index (χ0) is 20.2. The van der Waals surface area contributed by atoms with Crippen molar-refractivity contribution in [3.63, 3.8) is 0 Å². The number of hydrogen-bond acceptors (Lipinski definition) is 6. The quantitative estimate of drug-likeness (QED) is 0.691. The van der Waals surface area contributed by atoms with Gasteiger partial charge in [0.2, 0.25) is 5.89 Å². The number of piperazine rings is 1. The Labute approximate surface area is 171 Å². The molecular weight excluding hydrogens is 366 g/mol. The Morgan fingerprint density at radius 1 is 1.10 bits per heavy atom. The van der Waals surface area contributed by atoms with Crippen LogP contribution in [0.1, 0.15) is 11.5 Å². The number of hydrogen-bond donors (Lipinski definition) is 1. The third kappa shape index (κ3) is 4.67. The first kappa shape index (κ1) is 19.6. The fourth-order valence-corrected chi connectivity index (χ4v) is 3.58. The first-order valence-corrected chi connectivity index (χ1v) is 9.95. The van der Waals surface area contributed by atoms with Crippen molar-refractivity contribution in [2.45, 2.75) is 19.5 Å². The Hall–Kier alpha value is -2.67. The van der Waals surface area contributed by atoms with Gasteiger partial charge in [0, 0.05) is 37.8 Å². The van der Waals surface area contributed by atoms with Crippen LogP contribution >= 0.6 is 0 Å². The SMILES string of the molecule is Cc1oc(-c2cccc(Oc3ccccc3)c2)nc1CN1CCN(C)[C@H](CO)C1. The van der Waals surface area contributed by atoms with Crippen LogP contribution in [-0.2, 0) is 6.54 Å². The molecule has 2 aromatic carbocycles. The van der Waals surface area contributed by atoms with Gasteiger partial charge >= 0.3 is 0 Å². The largest absolute Gasteiger partial charge is 0.457 e. The number of aromatic nitrogens is 1. The first-order chi connectivity index (χ1) is 14.1. The van der Waals surface area contributed by atoms with E-state index in [-0.39, 0.29) is 12.6 Å². The van der Waals surface area contributed by atoms with Gasteiger partial charge < -0.3 is 14.3 Å². The molecule has 29 heavy (non-hydrogen) atoms. The van der Waals surface area contributed by atoms with Gasteiger partial charge in [-0.3, -0.25) is 9.80 Å². The summed E-state index contributed by atoms with van der Waals surface area (Å²) in [6.45, 7) is 5.57. The lowest BCUT2D eigenvalue weighted by Gasteiger charge is -2.38. The summed E-state index contributed by atoms with van der Waals surface area (Å²) in [5, 5.41) is 9.57. The number of rotatable bonds is 6. The summed E-state index contributed by atoms with van der Waals surface area (Å²) in [6.07, 6.45) is 0. The van der Waals surface area contributed by atoms with Crippen LogP contribution in [0.25, 0.3) is 11.5 Å². The van der Waals surface area contributed by atoms with Crippen molar-refractivity contribution in [1.82, 2.24) is 14.8 Å². The third-order valence-electron chi connectivity index (χ3n) is 5.40. The summed E-state index contributed by atoms with van der Waals surface area (Å²) in [4.78, 5) is 9.28. The van der Waals surface area contributed by atoms with Crippen molar-refractivity contribution in [2.24, 2.45) is 0 Å². The molecule has 0 spiro atoms. The third-order valence-corrected chi connectivity index (χ3v) is 5.40. The number of benzene rings is 2. The predicted octanol–water partition coefficient (Wildman–Crippen LogP) is 3.55. The summed E-state index contributed by atoms with van der Waals surface area (Å²) >= 11 is 0. The molecule has 1 fully saturated rings. The van der Waals surface area contributed by atoms with Gasteiger partial charge in [-0.25, -0.2) is 4.98 Å². The van der Waals surface area contributed by atoms with Crippen molar-refractivity contribution in [1.29, 1.82) is 0 Å². The maximum absolute atomic E-state index is 9.57. The molecule has 1 aliphatic rings. The van der Waals surface area contributed by atoms with Gasteiger partial charge in [-0.1, -0.05) is 24.3 Å². The summed E-state index contributed by atoms with van der Waals surface area (Å²) in [5.74, 6) is 2.97. The molecule has 0 aliphatic carbocycles. The topological polar surface area (TPSA) is 62.0 Å². The van der Waals surface area contributed by atoms with Crippen LogP contribution < -0.4 is 4.74 Å². The van der Waals surface area contributed by atoms with Crippen LogP contribution in [0.2, 0.25) is 0 Å². The summed E-state index contributed by atoms with van der Waals surface area (Å²) in [7, 11) is 2.06. The lowest BCUT2D eigenvalue weighted by molar-refractivity contribution is 0.0533. The van der Waals surface area contributed by atoms with Crippen LogP contribution in [0.15, 0.2) is 59.0 Å². The Bertz CT molecular complexity index is 942. The fourth-order valence-electron chi connectivity index (χ4n) is 3.58. The van der Waals surface area contributed by atoms with E-state index in [0.717, 1.165) is 54.7 Å². The molecule has 1 atom stereocenters. The van der Waals surface area contributed by atoms with Crippen LogP contribution in [0.5, 0.6) is 11.5 Å². The van der Waals surface area contributed by atoms with Crippen molar-refractivity contribution in [2.75, 3.05) is 33.3 Å². The summed E-state index contributed by atoms with van der Waals surface area (Å²) in [6, 6.07) is 17.7. The zero-order valence-electron chi connectivity index (χ0n) is 16.9. The van der Waals surface area contributed by atoms with Gasteiger partial charge in [0.25, 0.3) is 0 Å². The fraction of sp³-hybridized carbons (Fsp3) is 0.348. The van der Waals surface area contributed by atoms with Crippen LogP contribution in [0.4, 0.5) is 0 Å². The standard InChI is InChI=1S/C23H27N3O3/c1-17-22(15-26-12-11-25(2)19(14-26)16-27)24-23(28-17)18-7-6-10-21(13-18)29-20-8-4-3-5-9-20/h3-10,13,19,27H,11-12,14-16H2,1-2H3/t19-/m0/s1. The van der Waals surface area contributed by atoms with E-state index >= 15 is 0 Å². The van der Waals surface area contributed by atoms with E-state index in [4.69, 9.17) is 14.1 Å². The number of aryl methyl sites for hydroxylation is 1. The second-order valence-corrected chi connectivity index (χ2v) is 7.52. The van der Waals surface area contributed by atoms with Gasteiger partial charge in [-0.05, 0) is 44.3 Å². The van der Waals surface area contributed by atoms with Gasteiger partial charge in [-0.15, -0.1) is 0 Å². The Morgan fingerprint density at radius 3 is 2.69 bits per heavy atom. The Kier molecular flexibility index (Phi) is 5.94. The highest BCUT2D eigenvalue weighted by Crippen LogP contribution is 2.28. The second kappa shape index (κ2) is 8.78. The number of ether oxygens (including phenoxy) is 1. The monoisotopic (exact) mass is 393 g/mol. The first-order valence-electron chi connectivity index (χ1n) is 9.95. The maximum atomic E-state index is 9.57. The normalized spacial score (nSPS) is 18.1. The van der Waals surface area contributed by atoms with Crippen LogP contribution in [-0.4, -0.2) is 59.2 Å². The van der Waals surface area contributed by atoms with Gasteiger partial charge in [0.15, 0.2) is 0 Å². The highest BCUT2D eigenvalue weighted by atomic mass is 16.5. The molecule has 6 nitrogen and oxygen atoms in total. The van der Waals surface area contributed by atoms with Crippen LogP contribution in [0, 0.1) is 6.92 Å². The zero-order valence-corrected chi connectivity index (χ0v) is 16.9. The van der Waals surface area contributed by atoms with Crippen molar-refractivity contribution < 1.29 is 14.3 Å². The maximum Gasteiger partial charge on any atom is 0.226 e. The molecule has 1 N–H and O–H groups in total. The van der Waals surface area contributed by atoms with Crippen LogP contribution in [0.3, 0.4) is 0 Å². The average molecular weight is 393 g/mol. The molecule has 0 amide bonds. The highest BCUT2D eigenvalue weighted by Gasteiger charge is 2.25.